The van der Waals surface area contributed by atoms with Crippen molar-refractivity contribution in [1.82, 2.24) is 15.5 Å². The molecule has 1 heterocycles. The first-order valence-corrected chi connectivity index (χ1v) is 4.43. The summed E-state index contributed by atoms with van der Waals surface area (Å²) in [6, 6.07) is 0. The Hall–Kier alpha value is -0.940. The lowest BCUT2D eigenvalue weighted by molar-refractivity contribution is 0.184. The predicted molar refractivity (Wildman–Crippen MR) is 47.2 cm³/mol. The Labute approximate surface area is 77.2 Å². The van der Waals surface area contributed by atoms with E-state index < -0.39 is 0 Å². The van der Waals surface area contributed by atoms with Gasteiger partial charge in [-0.1, -0.05) is 5.16 Å². The molecule has 0 saturated carbocycles. The van der Waals surface area contributed by atoms with Crippen LogP contribution >= 0.6 is 0 Å². The highest BCUT2D eigenvalue weighted by Crippen LogP contribution is 1.91. The molecule has 1 atom stereocenters. The van der Waals surface area contributed by atoms with E-state index >= 15 is 0 Å². The van der Waals surface area contributed by atoms with Crippen LogP contribution in [0.4, 0.5) is 0 Å². The molecular formula is C8H15N3O2. The molecule has 0 saturated heterocycles. The molecule has 0 aliphatic rings. The average Bonchev–Trinajstić information content (AvgIpc) is 2.55. The Bertz CT molecular complexity index is 211. The molecule has 1 aromatic heterocycles. The van der Waals surface area contributed by atoms with Gasteiger partial charge in [0.15, 0.2) is 6.33 Å². The van der Waals surface area contributed by atoms with E-state index in [4.69, 9.17) is 9.63 Å². The molecule has 0 aliphatic carbocycles. The van der Waals surface area contributed by atoms with Crippen molar-refractivity contribution in [2.75, 3.05) is 13.1 Å². The lowest BCUT2D eigenvalue weighted by Gasteiger charge is -2.04. The first-order chi connectivity index (χ1) is 6.29. The maximum absolute atomic E-state index is 8.95. The Morgan fingerprint density at radius 2 is 2.46 bits per heavy atom. The van der Waals surface area contributed by atoms with Gasteiger partial charge in [0, 0.05) is 13.0 Å². The molecule has 0 aliphatic heterocycles. The topological polar surface area (TPSA) is 71.2 Å². The maximum Gasteiger partial charge on any atom is 0.227 e. The zero-order chi connectivity index (χ0) is 9.52. The fourth-order valence-electron chi connectivity index (χ4n) is 0.937. The van der Waals surface area contributed by atoms with Gasteiger partial charge in [-0.2, -0.15) is 4.98 Å². The molecule has 5 nitrogen and oxygen atoms in total. The first-order valence-electron chi connectivity index (χ1n) is 4.43. The van der Waals surface area contributed by atoms with Crippen molar-refractivity contribution in [2.45, 2.75) is 25.9 Å². The van der Waals surface area contributed by atoms with Crippen molar-refractivity contribution < 1.29 is 9.63 Å². The fraction of sp³-hybridized carbons (Fsp3) is 0.750. The minimum absolute atomic E-state index is 0.240. The average molecular weight is 185 g/mol. The summed E-state index contributed by atoms with van der Waals surface area (Å²) >= 11 is 0. The van der Waals surface area contributed by atoms with Gasteiger partial charge >= 0.3 is 0 Å². The number of hydrogen-bond acceptors (Lipinski definition) is 5. The molecular weight excluding hydrogens is 170 g/mol. The molecule has 0 fully saturated rings. The quantitative estimate of drug-likeness (QED) is 0.609. The lowest BCUT2D eigenvalue weighted by Crippen LogP contribution is -2.21. The highest BCUT2D eigenvalue weighted by atomic mass is 16.5. The van der Waals surface area contributed by atoms with Crippen LogP contribution in [-0.2, 0) is 6.42 Å². The van der Waals surface area contributed by atoms with Gasteiger partial charge in [-0.15, -0.1) is 0 Å². The number of rotatable bonds is 6. The fourth-order valence-corrected chi connectivity index (χ4v) is 0.937. The molecule has 74 valence electrons. The lowest BCUT2D eigenvalue weighted by atomic mass is 10.3. The van der Waals surface area contributed by atoms with Crippen LogP contribution in [0.25, 0.3) is 0 Å². The first kappa shape index (κ1) is 10.1. The van der Waals surface area contributed by atoms with Crippen molar-refractivity contribution in [3.63, 3.8) is 0 Å². The van der Waals surface area contributed by atoms with Crippen molar-refractivity contribution in [1.29, 1.82) is 0 Å². The molecule has 0 radical (unpaired) electrons. The second kappa shape index (κ2) is 5.66. The summed E-state index contributed by atoms with van der Waals surface area (Å²) in [5.74, 6) is 0.643. The molecule has 0 amide bonds. The van der Waals surface area contributed by atoms with Crippen LogP contribution in [0.5, 0.6) is 0 Å². The van der Waals surface area contributed by atoms with E-state index in [9.17, 15) is 0 Å². The van der Waals surface area contributed by atoms with E-state index in [2.05, 4.69) is 15.5 Å². The molecule has 0 spiro atoms. The van der Waals surface area contributed by atoms with Gasteiger partial charge in [0.25, 0.3) is 0 Å². The van der Waals surface area contributed by atoms with Crippen molar-refractivity contribution in [3.05, 3.63) is 12.2 Å². The molecule has 0 aromatic carbocycles. The highest BCUT2D eigenvalue weighted by Gasteiger charge is 1.98. The van der Waals surface area contributed by atoms with Crippen LogP contribution in [-0.4, -0.2) is 34.4 Å². The zero-order valence-corrected chi connectivity index (χ0v) is 7.73. The number of aliphatic hydroxyl groups is 1. The summed E-state index contributed by atoms with van der Waals surface area (Å²) in [6.45, 7) is 3.39. The van der Waals surface area contributed by atoms with Gasteiger partial charge in [0.05, 0.1) is 6.10 Å². The second-order valence-corrected chi connectivity index (χ2v) is 2.97. The van der Waals surface area contributed by atoms with Crippen molar-refractivity contribution in [2.24, 2.45) is 0 Å². The van der Waals surface area contributed by atoms with E-state index in [0.717, 1.165) is 25.9 Å². The SMILES string of the molecule is CC(O)CCNCCc1ncno1. The smallest absolute Gasteiger partial charge is 0.227 e. The number of aromatic nitrogens is 2. The van der Waals surface area contributed by atoms with Crippen LogP contribution in [0.1, 0.15) is 19.2 Å². The second-order valence-electron chi connectivity index (χ2n) is 2.97. The molecule has 1 rings (SSSR count). The standard InChI is InChI=1S/C8H15N3O2/c1-7(12)2-4-9-5-3-8-10-6-11-13-8/h6-7,9,12H,2-5H2,1H3. The predicted octanol–water partition coefficient (Wildman–Crippen LogP) is -0.0274. The molecule has 13 heavy (non-hydrogen) atoms. The van der Waals surface area contributed by atoms with E-state index in [1.54, 1.807) is 6.92 Å². The third-order valence-electron chi connectivity index (χ3n) is 1.66. The molecule has 5 heteroatoms. The van der Waals surface area contributed by atoms with Crippen LogP contribution < -0.4 is 5.32 Å². The summed E-state index contributed by atoms with van der Waals surface area (Å²) in [5, 5.41) is 15.6. The highest BCUT2D eigenvalue weighted by molar-refractivity contribution is 4.74. The summed E-state index contributed by atoms with van der Waals surface area (Å²) in [4.78, 5) is 3.88. The summed E-state index contributed by atoms with van der Waals surface area (Å²) < 4.78 is 4.81. The monoisotopic (exact) mass is 185 g/mol. The van der Waals surface area contributed by atoms with E-state index in [-0.39, 0.29) is 6.10 Å². The van der Waals surface area contributed by atoms with Gasteiger partial charge in [0.2, 0.25) is 5.89 Å². The van der Waals surface area contributed by atoms with Gasteiger partial charge < -0.3 is 14.9 Å². The van der Waals surface area contributed by atoms with Crippen molar-refractivity contribution in [3.8, 4) is 0 Å². The van der Waals surface area contributed by atoms with Crippen LogP contribution in [0.3, 0.4) is 0 Å². The van der Waals surface area contributed by atoms with Crippen molar-refractivity contribution >= 4 is 0 Å². The largest absolute Gasteiger partial charge is 0.393 e. The van der Waals surface area contributed by atoms with Gasteiger partial charge in [0.1, 0.15) is 0 Å². The van der Waals surface area contributed by atoms with Gasteiger partial charge in [-0.05, 0) is 19.9 Å². The van der Waals surface area contributed by atoms with E-state index in [1.165, 1.54) is 6.33 Å². The van der Waals surface area contributed by atoms with Crippen LogP contribution in [0.15, 0.2) is 10.9 Å². The summed E-state index contributed by atoms with van der Waals surface area (Å²) in [5.41, 5.74) is 0. The Morgan fingerprint density at radius 1 is 1.62 bits per heavy atom. The molecule has 2 N–H and O–H groups in total. The summed E-state index contributed by atoms with van der Waals surface area (Å²) in [6.07, 6.45) is 2.66. The van der Waals surface area contributed by atoms with E-state index in [0.29, 0.717) is 5.89 Å². The number of hydrogen-bond donors (Lipinski definition) is 2. The minimum Gasteiger partial charge on any atom is -0.393 e. The zero-order valence-electron chi connectivity index (χ0n) is 7.73. The van der Waals surface area contributed by atoms with Gasteiger partial charge in [-0.3, -0.25) is 0 Å². The Balaban J connectivity index is 1.96. The number of nitrogens with one attached hydrogen (secondary N) is 1. The van der Waals surface area contributed by atoms with Crippen LogP contribution in [0, 0.1) is 0 Å². The Morgan fingerprint density at radius 3 is 3.08 bits per heavy atom. The third-order valence-corrected chi connectivity index (χ3v) is 1.66. The number of aliphatic hydroxyl groups excluding tert-OH is 1. The van der Waals surface area contributed by atoms with Crippen LogP contribution in [0.2, 0.25) is 0 Å². The van der Waals surface area contributed by atoms with Gasteiger partial charge in [-0.25, -0.2) is 0 Å². The molecule has 0 bridgehead atoms. The minimum atomic E-state index is -0.240. The molecule has 1 unspecified atom stereocenters. The Kier molecular flexibility index (Phi) is 4.42. The normalized spacial score (nSPS) is 13.1. The summed E-state index contributed by atoms with van der Waals surface area (Å²) in [7, 11) is 0. The third kappa shape index (κ3) is 4.59. The molecule has 1 aromatic rings. The van der Waals surface area contributed by atoms with E-state index in [1.807, 2.05) is 0 Å². The maximum atomic E-state index is 8.95. The number of nitrogens with zero attached hydrogens (tertiary/aromatic N) is 2.